The lowest BCUT2D eigenvalue weighted by molar-refractivity contribution is -0.131. The number of carboxylic acids is 1. The van der Waals surface area contributed by atoms with Gasteiger partial charge in [0.25, 0.3) is 0 Å². The Labute approximate surface area is 153 Å². The van der Waals surface area contributed by atoms with Gasteiger partial charge in [0.2, 0.25) is 5.16 Å². The molecule has 0 unspecified atom stereocenters. The van der Waals surface area contributed by atoms with Gasteiger partial charge in [-0.05, 0) is 57.9 Å². The molecule has 0 spiro atoms. The summed E-state index contributed by atoms with van der Waals surface area (Å²) < 4.78 is 0.902. The monoisotopic (exact) mass is 410 g/mol. The number of aromatic amines is 1. The minimum absolute atomic E-state index is 0.168. The minimum Gasteiger partial charge on any atom is -0.477 e. The molecule has 0 saturated heterocycles. The Hall–Kier alpha value is -1.80. The number of thioether (sulfide) groups is 1. The third-order valence-corrected chi connectivity index (χ3v) is 4.67. The molecule has 0 fully saturated rings. The summed E-state index contributed by atoms with van der Waals surface area (Å²) in [7, 11) is 3.90. The maximum atomic E-state index is 11.5. The van der Waals surface area contributed by atoms with Gasteiger partial charge < -0.3 is 10.0 Å². The summed E-state index contributed by atoms with van der Waals surface area (Å²) in [5.41, 5.74) is 1.82. The highest BCUT2D eigenvalue weighted by atomic mass is 79.9. The number of anilines is 1. The van der Waals surface area contributed by atoms with Gasteiger partial charge in [-0.25, -0.2) is 9.78 Å². The van der Waals surface area contributed by atoms with Crippen LogP contribution in [0.15, 0.2) is 32.7 Å². The summed E-state index contributed by atoms with van der Waals surface area (Å²) >= 11 is 4.54. The van der Waals surface area contributed by atoms with Crippen molar-refractivity contribution in [2.45, 2.75) is 24.9 Å². The number of benzene rings is 1. The van der Waals surface area contributed by atoms with Crippen LogP contribution >= 0.6 is 27.7 Å². The van der Waals surface area contributed by atoms with Gasteiger partial charge in [0.15, 0.2) is 0 Å². The van der Waals surface area contributed by atoms with E-state index in [1.165, 1.54) is 0 Å². The van der Waals surface area contributed by atoms with Crippen LogP contribution in [0.2, 0.25) is 0 Å². The molecule has 0 aliphatic heterocycles. The number of rotatable bonds is 7. The number of halogens is 1. The molecule has 6 nitrogen and oxygen atoms in total. The Morgan fingerprint density at radius 1 is 1.46 bits per heavy atom. The maximum absolute atomic E-state index is 11.5. The molecule has 24 heavy (non-hydrogen) atoms. The Kier molecular flexibility index (Phi) is 6.44. The van der Waals surface area contributed by atoms with Crippen LogP contribution in [0.4, 0.5) is 5.69 Å². The lowest BCUT2D eigenvalue weighted by atomic mass is 10.2. The smallest absolute Gasteiger partial charge is 0.342 e. The van der Waals surface area contributed by atoms with Gasteiger partial charge in [-0.3, -0.25) is 5.10 Å². The highest BCUT2D eigenvalue weighted by Crippen LogP contribution is 2.30. The molecule has 0 saturated carbocycles. The molecule has 128 valence electrons. The summed E-state index contributed by atoms with van der Waals surface area (Å²) in [6.07, 6.45) is 3.36. The van der Waals surface area contributed by atoms with Gasteiger partial charge in [0.05, 0.1) is 5.69 Å². The predicted molar refractivity (Wildman–Crippen MR) is 100 cm³/mol. The zero-order chi connectivity index (χ0) is 17.7. The van der Waals surface area contributed by atoms with Crippen LogP contribution in [0.1, 0.15) is 24.7 Å². The van der Waals surface area contributed by atoms with Gasteiger partial charge in [-0.15, -0.1) is 5.10 Å². The Morgan fingerprint density at radius 2 is 2.21 bits per heavy atom. The van der Waals surface area contributed by atoms with E-state index in [2.05, 4.69) is 31.1 Å². The van der Waals surface area contributed by atoms with E-state index >= 15 is 0 Å². The van der Waals surface area contributed by atoms with E-state index in [0.29, 0.717) is 5.16 Å². The molecule has 0 radical (unpaired) electrons. The number of aromatic nitrogens is 3. The summed E-state index contributed by atoms with van der Waals surface area (Å²) in [5, 5.41) is 16.7. The molecule has 0 aliphatic carbocycles. The van der Waals surface area contributed by atoms with Crippen molar-refractivity contribution in [3.05, 3.63) is 39.0 Å². The van der Waals surface area contributed by atoms with E-state index in [4.69, 9.17) is 0 Å². The molecular weight excluding hydrogens is 392 g/mol. The number of H-pyrrole nitrogens is 1. The Balaban J connectivity index is 2.24. The third-order valence-electron chi connectivity index (χ3n) is 3.16. The van der Waals surface area contributed by atoms with E-state index in [9.17, 15) is 9.90 Å². The molecular formula is C16H19BrN4O2S. The number of nitrogens with one attached hydrogen (secondary N) is 1. The number of nitrogens with zero attached hydrogens (tertiary/aromatic N) is 3. The average molecular weight is 411 g/mol. The van der Waals surface area contributed by atoms with Gasteiger partial charge in [0.1, 0.15) is 10.7 Å². The molecule has 0 amide bonds. The van der Waals surface area contributed by atoms with Crippen molar-refractivity contribution in [2.75, 3.05) is 19.0 Å². The van der Waals surface area contributed by atoms with Gasteiger partial charge in [-0.2, -0.15) is 0 Å². The molecule has 1 aromatic carbocycles. The topological polar surface area (TPSA) is 82.1 Å². The molecule has 0 atom stereocenters. The molecule has 1 aromatic heterocycles. The second-order valence-corrected chi connectivity index (χ2v) is 7.20. The van der Waals surface area contributed by atoms with Crippen LogP contribution in [0, 0.1) is 0 Å². The Morgan fingerprint density at radius 3 is 2.79 bits per heavy atom. The number of hydrogen-bond donors (Lipinski definition) is 2. The minimum atomic E-state index is -1.00. The van der Waals surface area contributed by atoms with E-state index in [0.717, 1.165) is 46.2 Å². The van der Waals surface area contributed by atoms with Crippen molar-refractivity contribution in [3.63, 3.8) is 0 Å². The first-order chi connectivity index (χ1) is 11.4. The predicted octanol–water partition coefficient (Wildman–Crippen LogP) is 3.80. The molecule has 8 heteroatoms. The van der Waals surface area contributed by atoms with Crippen molar-refractivity contribution in [2.24, 2.45) is 0 Å². The highest BCUT2D eigenvalue weighted by Gasteiger charge is 2.14. The average Bonchev–Trinajstić information content (AvgIpc) is 2.94. The molecule has 2 N–H and O–H groups in total. The van der Waals surface area contributed by atoms with Crippen LogP contribution in [0.3, 0.4) is 0 Å². The van der Waals surface area contributed by atoms with Crippen molar-refractivity contribution < 1.29 is 9.90 Å². The van der Waals surface area contributed by atoms with Gasteiger partial charge in [-0.1, -0.05) is 13.0 Å². The second-order valence-electron chi connectivity index (χ2n) is 5.34. The first kappa shape index (κ1) is 18.5. The quantitative estimate of drug-likeness (QED) is 0.533. The summed E-state index contributed by atoms with van der Waals surface area (Å²) in [5.74, 6) is -0.238. The van der Waals surface area contributed by atoms with Crippen molar-refractivity contribution in [1.29, 1.82) is 0 Å². The molecule has 0 aliphatic rings. The summed E-state index contributed by atoms with van der Waals surface area (Å²) in [4.78, 5) is 18.0. The molecule has 1 heterocycles. The normalized spacial score (nSPS) is 11.6. The van der Waals surface area contributed by atoms with Crippen molar-refractivity contribution in [3.8, 4) is 0 Å². The van der Waals surface area contributed by atoms with E-state index in [1.807, 2.05) is 44.1 Å². The van der Waals surface area contributed by atoms with Crippen molar-refractivity contribution in [1.82, 2.24) is 15.2 Å². The lowest BCUT2D eigenvalue weighted by Gasteiger charge is -2.14. The van der Waals surface area contributed by atoms with Crippen LogP contribution < -0.4 is 4.90 Å². The number of aliphatic carboxylic acids is 1. The number of aryl methyl sites for hydroxylation is 1. The summed E-state index contributed by atoms with van der Waals surface area (Å²) in [6.45, 7) is 2.05. The molecule has 0 bridgehead atoms. The van der Waals surface area contributed by atoms with E-state index in [-0.39, 0.29) is 4.91 Å². The molecule has 2 rings (SSSR count). The third kappa shape index (κ3) is 4.85. The van der Waals surface area contributed by atoms with E-state index in [1.54, 1.807) is 6.08 Å². The Bertz CT molecular complexity index is 758. The number of hydrogen-bond acceptors (Lipinski definition) is 5. The van der Waals surface area contributed by atoms with Crippen LogP contribution in [-0.2, 0) is 11.2 Å². The van der Waals surface area contributed by atoms with Gasteiger partial charge in [0, 0.05) is 25.0 Å². The van der Waals surface area contributed by atoms with E-state index < -0.39 is 5.97 Å². The fraction of sp³-hybridized carbons (Fsp3) is 0.312. The number of carboxylic acid groups (broad SMARTS) is 1. The maximum Gasteiger partial charge on any atom is 0.342 e. The van der Waals surface area contributed by atoms with Crippen LogP contribution in [0.25, 0.3) is 6.08 Å². The fourth-order valence-corrected chi connectivity index (χ4v) is 3.51. The zero-order valence-corrected chi connectivity index (χ0v) is 16.1. The fourth-order valence-electron chi connectivity index (χ4n) is 2.03. The van der Waals surface area contributed by atoms with Crippen molar-refractivity contribution >= 4 is 45.4 Å². The largest absolute Gasteiger partial charge is 0.477 e. The SMILES string of the molecule is CCCc1nc(S/C(=C\c2ccc(N(C)C)c(Br)c2)C(=O)O)n[nH]1. The van der Waals surface area contributed by atoms with Crippen LogP contribution in [0.5, 0.6) is 0 Å². The lowest BCUT2D eigenvalue weighted by Crippen LogP contribution is -2.09. The first-order valence-electron chi connectivity index (χ1n) is 7.41. The highest BCUT2D eigenvalue weighted by molar-refractivity contribution is 9.10. The molecule has 2 aromatic rings. The zero-order valence-electron chi connectivity index (χ0n) is 13.7. The first-order valence-corrected chi connectivity index (χ1v) is 9.02. The standard InChI is InChI=1S/C16H19BrN4O2S/c1-4-5-14-18-16(20-19-14)24-13(15(22)23)9-10-6-7-12(21(2)3)11(17)8-10/h6-9H,4-5H2,1-3H3,(H,22,23)(H,18,19,20)/b13-9-. The summed E-state index contributed by atoms with van der Waals surface area (Å²) in [6, 6.07) is 5.70. The van der Waals surface area contributed by atoms with Crippen LogP contribution in [-0.4, -0.2) is 40.4 Å². The number of carbonyl (C=O) groups is 1. The van der Waals surface area contributed by atoms with Gasteiger partial charge >= 0.3 is 5.97 Å². The second kappa shape index (κ2) is 8.34.